The van der Waals surface area contributed by atoms with E-state index >= 15 is 0 Å². The molecule has 0 aliphatic carbocycles. The van der Waals surface area contributed by atoms with Crippen molar-refractivity contribution in [3.8, 4) is 22.8 Å². The van der Waals surface area contributed by atoms with Gasteiger partial charge < -0.3 is 19.1 Å². The number of cyclic esters (lactones) is 1. The van der Waals surface area contributed by atoms with Crippen LogP contribution in [0.2, 0.25) is 0 Å². The number of rotatable bonds is 6. The van der Waals surface area contributed by atoms with E-state index in [0.717, 1.165) is 16.3 Å². The Labute approximate surface area is 174 Å². The third-order valence-electron chi connectivity index (χ3n) is 4.85. The van der Waals surface area contributed by atoms with Gasteiger partial charge in [-0.1, -0.05) is 0 Å². The van der Waals surface area contributed by atoms with Crippen molar-refractivity contribution in [1.82, 2.24) is 14.9 Å². The molecule has 0 saturated carbocycles. The van der Waals surface area contributed by atoms with E-state index in [1.54, 1.807) is 32.8 Å². The van der Waals surface area contributed by atoms with Crippen molar-refractivity contribution in [1.29, 1.82) is 0 Å². The Hall–Kier alpha value is -3.52. The second kappa shape index (κ2) is 8.08. The van der Waals surface area contributed by atoms with Gasteiger partial charge in [0.1, 0.15) is 6.61 Å². The molecule has 0 spiro atoms. The van der Waals surface area contributed by atoms with E-state index in [9.17, 15) is 4.79 Å². The molecular weight excluding hydrogens is 384 g/mol. The number of nitrogens with zero attached hydrogens (tertiary/aromatic N) is 4. The molecule has 154 valence electrons. The summed E-state index contributed by atoms with van der Waals surface area (Å²) in [5.41, 5.74) is 2.55. The van der Waals surface area contributed by atoms with Crippen LogP contribution in [0.1, 0.15) is 15.9 Å². The van der Waals surface area contributed by atoms with Gasteiger partial charge in [0.05, 0.1) is 37.9 Å². The molecule has 0 unspecified atom stereocenters. The molecule has 8 heteroatoms. The summed E-state index contributed by atoms with van der Waals surface area (Å²) in [6.07, 6.45) is 4.99. The number of ether oxygens (including phenoxy) is 3. The van der Waals surface area contributed by atoms with Crippen LogP contribution in [0.25, 0.3) is 22.0 Å². The highest BCUT2D eigenvalue weighted by Crippen LogP contribution is 2.41. The minimum absolute atomic E-state index is 0.228. The number of benzene rings is 2. The van der Waals surface area contributed by atoms with Crippen LogP contribution >= 0.6 is 0 Å². The predicted molar refractivity (Wildman–Crippen MR) is 114 cm³/mol. The summed E-state index contributed by atoms with van der Waals surface area (Å²) in [5.74, 6) is 1.30. The maximum absolute atomic E-state index is 12.5. The summed E-state index contributed by atoms with van der Waals surface area (Å²) in [4.78, 5) is 27.7. The van der Waals surface area contributed by atoms with E-state index < -0.39 is 0 Å². The van der Waals surface area contributed by atoms with Crippen LogP contribution < -0.4 is 9.47 Å². The minimum atomic E-state index is -0.369. The van der Waals surface area contributed by atoms with Crippen molar-refractivity contribution in [2.24, 2.45) is 4.99 Å². The number of carbonyl (C=O) groups excluding carboxylic acids is 1. The fourth-order valence-corrected chi connectivity index (χ4v) is 3.43. The van der Waals surface area contributed by atoms with Crippen LogP contribution in [0.4, 0.5) is 5.82 Å². The zero-order valence-corrected chi connectivity index (χ0v) is 17.3. The maximum atomic E-state index is 12.5. The molecule has 3 aromatic rings. The monoisotopic (exact) mass is 406 g/mol. The molecule has 4 rings (SSSR count). The largest absolute Gasteiger partial charge is 0.493 e. The molecule has 0 amide bonds. The highest BCUT2D eigenvalue weighted by atomic mass is 16.5. The number of fused-ring (bicyclic) bond motifs is 2. The topological polar surface area (TPSA) is 86.1 Å². The van der Waals surface area contributed by atoms with Gasteiger partial charge >= 0.3 is 5.97 Å². The van der Waals surface area contributed by atoms with Gasteiger partial charge in [0.2, 0.25) is 0 Å². The third kappa shape index (κ3) is 3.57. The van der Waals surface area contributed by atoms with Gasteiger partial charge in [0.25, 0.3) is 0 Å². The number of hydrogen-bond donors (Lipinski definition) is 0. The summed E-state index contributed by atoms with van der Waals surface area (Å²) in [6, 6.07) is 5.67. The van der Waals surface area contributed by atoms with Crippen LogP contribution in [0.5, 0.6) is 11.5 Å². The summed E-state index contributed by atoms with van der Waals surface area (Å²) < 4.78 is 16.2. The van der Waals surface area contributed by atoms with Crippen molar-refractivity contribution in [3.05, 3.63) is 41.7 Å². The first-order chi connectivity index (χ1) is 14.5. The highest BCUT2D eigenvalue weighted by Gasteiger charge is 2.29. The Morgan fingerprint density at radius 1 is 1.10 bits per heavy atom. The van der Waals surface area contributed by atoms with Gasteiger partial charge in [-0.2, -0.15) is 0 Å². The Kier molecular flexibility index (Phi) is 5.33. The molecule has 2 heterocycles. The predicted octanol–water partition coefficient (Wildman–Crippen LogP) is 3.25. The smallest absolute Gasteiger partial charge is 0.339 e. The Bertz CT molecular complexity index is 1140. The number of methoxy groups -OCH3 is 2. The standard InChI is InChI=1S/C22H22N4O4/c1-26(2)6-5-23-19-11-24-16(10-25-19)21-15-9-18(29-4)17(28-3)8-13(15)7-14-12-30-22(27)20(14)21/h5,7-11H,6,12H2,1-4H3/b23-5-. The lowest BCUT2D eigenvalue weighted by molar-refractivity contribution is 0.0535. The summed E-state index contributed by atoms with van der Waals surface area (Å²) >= 11 is 0. The lowest BCUT2D eigenvalue weighted by Crippen LogP contribution is -2.13. The molecule has 0 saturated heterocycles. The van der Waals surface area contributed by atoms with Gasteiger partial charge in [0.15, 0.2) is 17.3 Å². The second-order valence-corrected chi connectivity index (χ2v) is 7.12. The van der Waals surface area contributed by atoms with Crippen molar-refractivity contribution >= 4 is 28.8 Å². The molecule has 0 atom stereocenters. The Morgan fingerprint density at radius 2 is 1.87 bits per heavy atom. The first-order valence-electron chi connectivity index (χ1n) is 9.40. The zero-order chi connectivity index (χ0) is 21.3. The van der Waals surface area contributed by atoms with E-state index in [-0.39, 0.29) is 12.6 Å². The normalized spacial score (nSPS) is 13.2. The molecule has 1 aliphatic rings. The summed E-state index contributed by atoms with van der Waals surface area (Å²) in [7, 11) is 7.09. The molecule has 0 bridgehead atoms. The van der Waals surface area contributed by atoms with Crippen molar-refractivity contribution in [2.75, 3.05) is 34.9 Å². The number of aromatic nitrogens is 2. The molecule has 1 aliphatic heterocycles. The van der Waals surface area contributed by atoms with Gasteiger partial charge in [-0.25, -0.2) is 14.8 Å². The minimum Gasteiger partial charge on any atom is -0.493 e. The molecule has 0 fully saturated rings. The third-order valence-corrected chi connectivity index (χ3v) is 4.85. The Morgan fingerprint density at radius 3 is 2.53 bits per heavy atom. The number of carbonyl (C=O) groups is 1. The van der Waals surface area contributed by atoms with E-state index in [1.165, 1.54) is 0 Å². The second-order valence-electron chi connectivity index (χ2n) is 7.12. The van der Waals surface area contributed by atoms with Crippen LogP contribution in [0.3, 0.4) is 0 Å². The van der Waals surface area contributed by atoms with Gasteiger partial charge in [0, 0.05) is 23.9 Å². The highest BCUT2D eigenvalue weighted by molar-refractivity contribution is 6.10. The van der Waals surface area contributed by atoms with Crippen LogP contribution in [0, 0.1) is 0 Å². The maximum Gasteiger partial charge on any atom is 0.339 e. The molecule has 2 aromatic carbocycles. The first-order valence-corrected chi connectivity index (χ1v) is 9.40. The summed E-state index contributed by atoms with van der Waals surface area (Å²) in [6.45, 7) is 0.930. The fourth-order valence-electron chi connectivity index (χ4n) is 3.43. The average molecular weight is 406 g/mol. The van der Waals surface area contributed by atoms with Gasteiger partial charge in [-0.05, 0) is 43.1 Å². The quantitative estimate of drug-likeness (QED) is 0.459. The van der Waals surface area contributed by atoms with Crippen LogP contribution in [-0.2, 0) is 11.3 Å². The van der Waals surface area contributed by atoms with Crippen molar-refractivity contribution < 1.29 is 19.0 Å². The van der Waals surface area contributed by atoms with Gasteiger partial charge in [-0.3, -0.25) is 4.98 Å². The average Bonchev–Trinajstić information content (AvgIpc) is 3.11. The molecular formula is C22H22N4O4. The molecule has 30 heavy (non-hydrogen) atoms. The van der Waals surface area contributed by atoms with E-state index in [4.69, 9.17) is 14.2 Å². The lowest BCUT2D eigenvalue weighted by Gasteiger charge is -2.14. The lowest BCUT2D eigenvalue weighted by atomic mass is 9.93. The van der Waals surface area contributed by atoms with E-state index in [2.05, 4.69) is 15.0 Å². The van der Waals surface area contributed by atoms with E-state index in [1.807, 2.05) is 37.2 Å². The number of hydrogen-bond acceptors (Lipinski definition) is 8. The molecule has 8 nitrogen and oxygen atoms in total. The molecule has 0 N–H and O–H groups in total. The first kappa shape index (κ1) is 19.8. The van der Waals surface area contributed by atoms with Gasteiger partial charge in [-0.15, -0.1) is 0 Å². The van der Waals surface area contributed by atoms with Crippen molar-refractivity contribution in [2.45, 2.75) is 6.61 Å². The molecule has 0 radical (unpaired) electrons. The van der Waals surface area contributed by atoms with Crippen molar-refractivity contribution in [3.63, 3.8) is 0 Å². The van der Waals surface area contributed by atoms with Crippen LogP contribution in [-0.4, -0.2) is 61.9 Å². The zero-order valence-electron chi connectivity index (χ0n) is 17.3. The van der Waals surface area contributed by atoms with E-state index in [0.29, 0.717) is 40.7 Å². The summed E-state index contributed by atoms with van der Waals surface area (Å²) in [5, 5.41) is 1.71. The Balaban J connectivity index is 1.87. The fraction of sp³-hybridized carbons (Fsp3) is 0.273. The number of esters is 1. The SMILES string of the molecule is COc1cc2cc3c(c(-c4cnc(/N=C\CN(C)C)cn4)c2cc1OC)C(=O)OC3. The number of aliphatic imine (C=N–C) groups is 1. The molecule has 1 aromatic heterocycles. The van der Waals surface area contributed by atoms with Crippen LogP contribution in [0.15, 0.2) is 35.6 Å².